The first-order valence-corrected chi connectivity index (χ1v) is 6.92. The zero-order valence-corrected chi connectivity index (χ0v) is 11.1. The molecule has 0 amide bonds. The van der Waals surface area contributed by atoms with Crippen LogP contribution in [-0.2, 0) is 0 Å². The molecule has 0 fully saturated rings. The summed E-state index contributed by atoms with van der Waals surface area (Å²) in [4.78, 5) is 1.32. The molecule has 0 saturated carbocycles. The van der Waals surface area contributed by atoms with Gasteiger partial charge in [0, 0.05) is 4.88 Å². The Hall–Kier alpha value is -1.86. The minimum atomic E-state index is 1.27. The SMILES string of the molecule is Cc1ccc(-c2ccc(-c3cccs3)cc2)cc1. The lowest BCUT2D eigenvalue weighted by Crippen LogP contribution is -1.79. The second-order valence-electron chi connectivity index (χ2n) is 4.42. The van der Waals surface area contributed by atoms with Crippen LogP contribution >= 0.6 is 11.3 Å². The van der Waals surface area contributed by atoms with Gasteiger partial charge < -0.3 is 0 Å². The molecule has 18 heavy (non-hydrogen) atoms. The van der Waals surface area contributed by atoms with Crippen molar-refractivity contribution in [3.63, 3.8) is 0 Å². The van der Waals surface area contributed by atoms with Gasteiger partial charge in [-0.2, -0.15) is 0 Å². The maximum Gasteiger partial charge on any atom is 0.0342 e. The number of rotatable bonds is 2. The minimum absolute atomic E-state index is 1.27. The lowest BCUT2D eigenvalue weighted by molar-refractivity contribution is 1.47. The molecule has 1 heterocycles. The van der Waals surface area contributed by atoms with E-state index in [1.165, 1.54) is 27.1 Å². The van der Waals surface area contributed by atoms with Crippen molar-refractivity contribution in [2.45, 2.75) is 6.92 Å². The van der Waals surface area contributed by atoms with Gasteiger partial charge in [0.1, 0.15) is 0 Å². The van der Waals surface area contributed by atoms with Crippen molar-refractivity contribution in [3.05, 3.63) is 71.6 Å². The van der Waals surface area contributed by atoms with Gasteiger partial charge in [-0.05, 0) is 35.1 Å². The number of thiophene rings is 1. The largest absolute Gasteiger partial charge is 0.144 e. The van der Waals surface area contributed by atoms with Crippen LogP contribution in [-0.4, -0.2) is 0 Å². The molecule has 3 aromatic rings. The molecule has 3 rings (SSSR count). The van der Waals surface area contributed by atoms with E-state index in [9.17, 15) is 0 Å². The highest BCUT2D eigenvalue weighted by Crippen LogP contribution is 2.27. The highest BCUT2D eigenvalue weighted by molar-refractivity contribution is 7.13. The van der Waals surface area contributed by atoms with Gasteiger partial charge >= 0.3 is 0 Å². The third kappa shape index (κ3) is 2.22. The molecule has 1 aromatic heterocycles. The van der Waals surface area contributed by atoms with Crippen LogP contribution in [0.15, 0.2) is 66.0 Å². The van der Waals surface area contributed by atoms with Gasteiger partial charge in [-0.15, -0.1) is 11.3 Å². The van der Waals surface area contributed by atoms with E-state index in [0.717, 1.165) is 0 Å². The van der Waals surface area contributed by atoms with E-state index in [0.29, 0.717) is 0 Å². The van der Waals surface area contributed by atoms with E-state index in [2.05, 4.69) is 73.0 Å². The Labute approximate surface area is 112 Å². The molecule has 1 heteroatoms. The van der Waals surface area contributed by atoms with Crippen LogP contribution in [0.3, 0.4) is 0 Å². The lowest BCUT2D eigenvalue weighted by atomic mass is 10.0. The number of hydrogen-bond acceptors (Lipinski definition) is 1. The maximum absolute atomic E-state index is 2.20. The van der Waals surface area contributed by atoms with Crippen LogP contribution in [0.1, 0.15) is 5.56 Å². The van der Waals surface area contributed by atoms with E-state index < -0.39 is 0 Å². The predicted octanol–water partition coefficient (Wildman–Crippen LogP) is 5.39. The number of aryl methyl sites for hydroxylation is 1. The number of hydrogen-bond donors (Lipinski definition) is 0. The van der Waals surface area contributed by atoms with E-state index in [4.69, 9.17) is 0 Å². The van der Waals surface area contributed by atoms with Crippen molar-refractivity contribution in [1.29, 1.82) is 0 Å². The Morgan fingerprint density at radius 3 is 1.78 bits per heavy atom. The molecule has 0 atom stereocenters. The summed E-state index contributed by atoms with van der Waals surface area (Å²) in [6.07, 6.45) is 0. The molecule has 0 aliphatic heterocycles. The van der Waals surface area contributed by atoms with Gasteiger partial charge in [-0.3, -0.25) is 0 Å². The first-order valence-electron chi connectivity index (χ1n) is 6.04. The van der Waals surface area contributed by atoms with Crippen molar-refractivity contribution in [2.24, 2.45) is 0 Å². The van der Waals surface area contributed by atoms with Gasteiger partial charge in [-0.1, -0.05) is 60.2 Å². The fraction of sp³-hybridized carbons (Fsp3) is 0.0588. The summed E-state index contributed by atoms with van der Waals surface area (Å²) in [6, 6.07) is 21.7. The Kier molecular flexibility index (Phi) is 2.99. The van der Waals surface area contributed by atoms with Gasteiger partial charge in [-0.25, -0.2) is 0 Å². The smallest absolute Gasteiger partial charge is 0.0342 e. The second-order valence-corrected chi connectivity index (χ2v) is 5.37. The fourth-order valence-corrected chi connectivity index (χ4v) is 2.75. The van der Waals surface area contributed by atoms with Crippen LogP contribution < -0.4 is 0 Å². The molecule has 88 valence electrons. The lowest BCUT2D eigenvalue weighted by Gasteiger charge is -2.04. The molecule has 0 aliphatic rings. The van der Waals surface area contributed by atoms with E-state index in [1.54, 1.807) is 11.3 Å². The Morgan fingerprint density at radius 2 is 1.22 bits per heavy atom. The van der Waals surface area contributed by atoms with Gasteiger partial charge in [0.15, 0.2) is 0 Å². The first kappa shape index (κ1) is 11.2. The summed E-state index contributed by atoms with van der Waals surface area (Å²) in [7, 11) is 0. The average molecular weight is 250 g/mol. The molecule has 0 radical (unpaired) electrons. The summed E-state index contributed by atoms with van der Waals surface area (Å²) >= 11 is 1.78. The summed E-state index contributed by atoms with van der Waals surface area (Å²) in [5, 5.41) is 2.11. The van der Waals surface area contributed by atoms with Gasteiger partial charge in [0.05, 0.1) is 0 Å². The highest BCUT2D eigenvalue weighted by Gasteiger charge is 2.00. The molecule has 0 aliphatic carbocycles. The minimum Gasteiger partial charge on any atom is -0.144 e. The van der Waals surface area contributed by atoms with Crippen molar-refractivity contribution in [2.75, 3.05) is 0 Å². The molecule has 0 N–H and O–H groups in total. The van der Waals surface area contributed by atoms with Crippen molar-refractivity contribution in [3.8, 4) is 21.6 Å². The second kappa shape index (κ2) is 4.79. The molecule has 0 bridgehead atoms. The van der Waals surface area contributed by atoms with E-state index in [-0.39, 0.29) is 0 Å². The first-order chi connectivity index (χ1) is 8.83. The zero-order chi connectivity index (χ0) is 12.4. The average Bonchev–Trinajstić information content (AvgIpc) is 2.94. The van der Waals surface area contributed by atoms with Crippen molar-refractivity contribution >= 4 is 11.3 Å². The van der Waals surface area contributed by atoms with Crippen LogP contribution in [0.2, 0.25) is 0 Å². The fourth-order valence-electron chi connectivity index (χ4n) is 2.02. The highest BCUT2D eigenvalue weighted by atomic mass is 32.1. The predicted molar refractivity (Wildman–Crippen MR) is 79.9 cm³/mol. The summed E-state index contributed by atoms with van der Waals surface area (Å²) in [5.41, 5.74) is 5.14. The third-order valence-electron chi connectivity index (χ3n) is 3.08. The summed E-state index contributed by atoms with van der Waals surface area (Å²) in [6.45, 7) is 2.11. The van der Waals surface area contributed by atoms with Crippen molar-refractivity contribution in [1.82, 2.24) is 0 Å². The van der Waals surface area contributed by atoms with Crippen LogP contribution in [0.4, 0.5) is 0 Å². The van der Waals surface area contributed by atoms with Crippen molar-refractivity contribution < 1.29 is 0 Å². The van der Waals surface area contributed by atoms with Crippen LogP contribution in [0.5, 0.6) is 0 Å². The Morgan fingerprint density at radius 1 is 0.667 bits per heavy atom. The molecule has 2 aromatic carbocycles. The standard InChI is InChI=1S/C17H14S/c1-13-4-6-14(7-5-13)15-8-10-16(11-9-15)17-3-2-12-18-17/h2-12H,1H3. The Bertz CT molecular complexity index is 616. The molecular weight excluding hydrogens is 236 g/mol. The maximum atomic E-state index is 2.20. The Balaban J connectivity index is 1.94. The van der Waals surface area contributed by atoms with E-state index >= 15 is 0 Å². The third-order valence-corrected chi connectivity index (χ3v) is 3.99. The summed E-state index contributed by atoms with van der Waals surface area (Å²) < 4.78 is 0. The summed E-state index contributed by atoms with van der Waals surface area (Å²) in [5.74, 6) is 0. The topological polar surface area (TPSA) is 0 Å². The van der Waals surface area contributed by atoms with Crippen LogP contribution in [0, 0.1) is 6.92 Å². The molecule has 0 saturated heterocycles. The number of benzene rings is 2. The zero-order valence-electron chi connectivity index (χ0n) is 10.3. The monoisotopic (exact) mass is 250 g/mol. The molecule has 0 unspecified atom stereocenters. The van der Waals surface area contributed by atoms with Gasteiger partial charge in [0.25, 0.3) is 0 Å². The van der Waals surface area contributed by atoms with Crippen LogP contribution in [0.25, 0.3) is 21.6 Å². The molecular formula is C17H14S. The molecule has 0 nitrogen and oxygen atoms in total. The molecule has 0 spiro atoms. The quantitative estimate of drug-likeness (QED) is 0.572. The van der Waals surface area contributed by atoms with E-state index in [1.807, 2.05) is 0 Å². The van der Waals surface area contributed by atoms with Gasteiger partial charge in [0.2, 0.25) is 0 Å². The normalized spacial score (nSPS) is 10.5.